The molecule has 29 heavy (non-hydrogen) atoms. The minimum absolute atomic E-state index is 0.937. The second-order valence-electron chi connectivity index (χ2n) is 7.42. The molecule has 0 aliphatic carbocycles. The maximum Gasteiger partial charge on any atom is 0.145 e. The van der Waals surface area contributed by atoms with Gasteiger partial charge in [-0.2, -0.15) is 0 Å². The molecule has 0 radical (unpaired) electrons. The number of allylic oxidation sites excluding steroid dienone is 1. The quantitative estimate of drug-likeness (QED) is 0.327. The molecule has 0 fully saturated rings. The van der Waals surface area contributed by atoms with Gasteiger partial charge in [0.05, 0.1) is 10.9 Å². The number of nitrogens with one attached hydrogen (secondary N) is 1. The Labute approximate surface area is 167 Å². The van der Waals surface area contributed by atoms with E-state index in [-0.39, 0.29) is 0 Å². The van der Waals surface area contributed by atoms with Crippen LogP contribution in [0.3, 0.4) is 0 Å². The number of furan rings is 1. The molecule has 0 atom stereocenters. The third-order valence-corrected chi connectivity index (χ3v) is 5.88. The van der Waals surface area contributed by atoms with Crippen LogP contribution in [0.1, 0.15) is 18.1 Å². The summed E-state index contributed by atoms with van der Waals surface area (Å²) in [5.74, 6) is 0. The van der Waals surface area contributed by atoms with Crippen LogP contribution in [0.15, 0.2) is 77.7 Å². The number of aromatic amines is 1. The molecular formula is C27H19NO. The van der Waals surface area contributed by atoms with E-state index in [4.69, 9.17) is 4.42 Å². The highest BCUT2D eigenvalue weighted by Crippen LogP contribution is 2.43. The van der Waals surface area contributed by atoms with E-state index in [1.54, 1.807) is 0 Å². The van der Waals surface area contributed by atoms with Crippen molar-refractivity contribution in [3.05, 3.63) is 84.4 Å². The van der Waals surface area contributed by atoms with Gasteiger partial charge in [0.25, 0.3) is 0 Å². The highest BCUT2D eigenvalue weighted by atomic mass is 16.3. The molecule has 2 aromatic heterocycles. The maximum absolute atomic E-state index is 6.64. The van der Waals surface area contributed by atoms with Crippen molar-refractivity contribution in [1.29, 1.82) is 0 Å². The average Bonchev–Trinajstić information content (AvgIpc) is 3.32. The number of benzene rings is 4. The predicted octanol–water partition coefficient (Wildman–Crippen LogP) is 8.05. The molecule has 138 valence electrons. The Balaban J connectivity index is 1.95. The molecule has 0 bridgehead atoms. The van der Waals surface area contributed by atoms with Crippen LogP contribution in [0.25, 0.3) is 66.7 Å². The number of para-hydroxylation sites is 1. The summed E-state index contributed by atoms with van der Waals surface area (Å²) in [6, 6.07) is 21.2. The van der Waals surface area contributed by atoms with Gasteiger partial charge in [-0.25, -0.2) is 0 Å². The minimum Gasteiger partial charge on any atom is -0.455 e. The Bertz CT molecular complexity index is 1630. The van der Waals surface area contributed by atoms with E-state index in [1.165, 1.54) is 5.39 Å². The van der Waals surface area contributed by atoms with Crippen LogP contribution in [0.4, 0.5) is 0 Å². The molecule has 2 nitrogen and oxygen atoms in total. The summed E-state index contributed by atoms with van der Waals surface area (Å²) in [6.07, 6.45) is 6.21. The summed E-state index contributed by atoms with van der Waals surface area (Å²) < 4.78 is 6.64. The normalized spacial score (nSPS) is 12.3. The monoisotopic (exact) mass is 373 g/mol. The highest BCUT2D eigenvalue weighted by Gasteiger charge is 2.20. The first-order valence-electron chi connectivity index (χ1n) is 9.87. The zero-order chi connectivity index (χ0) is 19.5. The van der Waals surface area contributed by atoms with E-state index in [2.05, 4.69) is 84.4 Å². The molecule has 2 heterocycles. The summed E-state index contributed by atoms with van der Waals surface area (Å²) in [7, 11) is 0. The van der Waals surface area contributed by atoms with Gasteiger partial charge in [0.15, 0.2) is 0 Å². The van der Waals surface area contributed by atoms with E-state index in [1.807, 2.05) is 13.0 Å². The molecule has 2 heteroatoms. The Morgan fingerprint density at radius 3 is 2.24 bits per heavy atom. The van der Waals surface area contributed by atoms with Gasteiger partial charge < -0.3 is 9.40 Å². The molecule has 6 aromatic rings. The summed E-state index contributed by atoms with van der Waals surface area (Å²) >= 11 is 0. The van der Waals surface area contributed by atoms with E-state index < -0.39 is 0 Å². The topological polar surface area (TPSA) is 28.9 Å². The standard InChI is InChI=1S/C27H19NO/c1-3-9-18-16(4-2)17-10-5-6-11-19(17)26-24(18)21-14-15-23-25(27(21)29-26)20-12-7-8-13-22(20)28-23/h3-15,28H,2H2,1H3/b9-3-. The molecule has 0 saturated carbocycles. The lowest BCUT2D eigenvalue weighted by molar-refractivity contribution is 0.676. The number of hydrogen-bond acceptors (Lipinski definition) is 1. The van der Waals surface area contributed by atoms with Crippen molar-refractivity contribution >= 4 is 66.7 Å². The second kappa shape index (κ2) is 5.86. The van der Waals surface area contributed by atoms with Gasteiger partial charge in [-0.3, -0.25) is 0 Å². The maximum atomic E-state index is 6.64. The third-order valence-electron chi connectivity index (χ3n) is 5.88. The largest absolute Gasteiger partial charge is 0.455 e. The Morgan fingerprint density at radius 2 is 1.45 bits per heavy atom. The summed E-state index contributed by atoms with van der Waals surface area (Å²) in [6.45, 7) is 6.16. The van der Waals surface area contributed by atoms with Crippen molar-refractivity contribution in [2.45, 2.75) is 6.92 Å². The smallest absolute Gasteiger partial charge is 0.145 e. The van der Waals surface area contributed by atoms with Crippen molar-refractivity contribution in [2.75, 3.05) is 0 Å². The number of hydrogen-bond donors (Lipinski definition) is 1. The number of H-pyrrole nitrogens is 1. The van der Waals surface area contributed by atoms with Gasteiger partial charge in [-0.1, -0.05) is 67.3 Å². The molecule has 4 aromatic carbocycles. The van der Waals surface area contributed by atoms with E-state index >= 15 is 0 Å². The molecule has 0 spiro atoms. The third kappa shape index (κ3) is 2.06. The molecule has 6 rings (SSSR count). The first-order valence-corrected chi connectivity index (χ1v) is 9.87. The number of aromatic nitrogens is 1. The van der Waals surface area contributed by atoms with Crippen molar-refractivity contribution in [2.24, 2.45) is 0 Å². The zero-order valence-electron chi connectivity index (χ0n) is 16.1. The average molecular weight is 373 g/mol. The molecule has 0 aliphatic heterocycles. The first-order chi connectivity index (χ1) is 14.3. The van der Waals surface area contributed by atoms with Gasteiger partial charge in [0.2, 0.25) is 0 Å². The Hall–Kier alpha value is -3.78. The van der Waals surface area contributed by atoms with Crippen LogP contribution in [-0.4, -0.2) is 4.98 Å². The van der Waals surface area contributed by atoms with E-state index in [9.17, 15) is 0 Å². The lowest BCUT2D eigenvalue weighted by atomic mass is 9.93. The van der Waals surface area contributed by atoms with Gasteiger partial charge in [0, 0.05) is 27.1 Å². The fraction of sp³-hybridized carbons (Fsp3) is 0.0370. The van der Waals surface area contributed by atoms with Crippen LogP contribution >= 0.6 is 0 Å². The van der Waals surface area contributed by atoms with Crippen LogP contribution in [0, 0.1) is 0 Å². The molecule has 0 amide bonds. The summed E-state index contributed by atoms with van der Waals surface area (Å²) in [5, 5.41) is 6.91. The van der Waals surface area contributed by atoms with Crippen molar-refractivity contribution in [3.8, 4) is 0 Å². The predicted molar refractivity (Wildman–Crippen MR) is 125 cm³/mol. The van der Waals surface area contributed by atoms with E-state index in [0.29, 0.717) is 0 Å². The highest BCUT2D eigenvalue weighted by molar-refractivity contribution is 6.27. The lowest BCUT2D eigenvalue weighted by Crippen LogP contribution is -1.87. The fourth-order valence-corrected chi connectivity index (χ4v) is 4.70. The number of fused-ring (bicyclic) bond motifs is 9. The SMILES string of the molecule is C=Cc1c(/C=C\C)c2c3ccc4[nH]c5ccccc5c4c3oc2c2ccccc12. The molecule has 1 N–H and O–H groups in total. The molecule has 0 unspecified atom stereocenters. The van der Waals surface area contributed by atoms with Crippen LogP contribution in [-0.2, 0) is 0 Å². The zero-order valence-corrected chi connectivity index (χ0v) is 16.1. The van der Waals surface area contributed by atoms with Crippen molar-refractivity contribution in [1.82, 2.24) is 4.98 Å². The molecule has 0 saturated heterocycles. The van der Waals surface area contributed by atoms with Crippen molar-refractivity contribution < 1.29 is 4.42 Å². The van der Waals surface area contributed by atoms with E-state index in [0.717, 1.165) is 60.3 Å². The molecular weight excluding hydrogens is 354 g/mol. The van der Waals surface area contributed by atoms with Crippen LogP contribution in [0.5, 0.6) is 0 Å². The van der Waals surface area contributed by atoms with Gasteiger partial charge >= 0.3 is 0 Å². The fourth-order valence-electron chi connectivity index (χ4n) is 4.70. The Morgan fingerprint density at radius 1 is 0.724 bits per heavy atom. The second-order valence-corrected chi connectivity index (χ2v) is 7.42. The van der Waals surface area contributed by atoms with Gasteiger partial charge in [0.1, 0.15) is 11.2 Å². The summed E-state index contributed by atoms with van der Waals surface area (Å²) in [4.78, 5) is 3.52. The van der Waals surface area contributed by atoms with Crippen molar-refractivity contribution in [3.63, 3.8) is 0 Å². The van der Waals surface area contributed by atoms with Gasteiger partial charge in [-0.05, 0) is 41.6 Å². The lowest BCUT2D eigenvalue weighted by Gasteiger charge is -2.09. The van der Waals surface area contributed by atoms with Gasteiger partial charge in [-0.15, -0.1) is 0 Å². The van der Waals surface area contributed by atoms with Crippen LogP contribution < -0.4 is 0 Å². The van der Waals surface area contributed by atoms with Crippen LogP contribution in [0.2, 0.25) is 0 Å². The number of rotatable bonds is 2. The minimum atomic E-state index is 0.937. The molecule has 0 aliphatic rings. The summed E-state index contributed by atoms with van der Waals surface area (Å²) in [5.41, 5.74) is 6.40. The first kappa shape index (κ1) is 16.2. The Kier molecular flexibility index (Phi) is 3.27.